The fraction of sp³-hybridized carbons (Fsp3) is 0.458. The van der Waals surface area contributed by atoms with Gasteiger partial charge in [-0.05, 0) is 54.8 Å². The van der Waals surface area contributed by atoms with Crippen LogP contribution in [-0.2, 0) is 21.9 Å². The third-order valence-corrected chi connectivity index (χ3v) is 6.55. The van der Waals surface area contributed by atoms with Crippen LogP contribution in [0.2, 0.25) is 0 Å². The first-order chi connectivity index (χ1) is 16.2. The van der Waals surface area contributed by atoms with Crippen molar-refractivity contribution < 1.29 is 45.4 Å². The topological polar surface area (TPSA) is 49.8 Å². The van der Waals surface area contributed by atoms with Crippen LogP contribution in [-0.4, -0.2) is 40.7 Å². The van der Waals surface area contributed by atoms with Gasteiger partial charge in [-0.25, -0.2) is 4.39 Å². The second kappa shape index (κ2) is 9.09. The molecule has 4 nitrogen and oxygen atoms in total. The fourth-order valence-corrected chi connectivity index (χ4v) is 4.93. The highest BCUT2D eigenvalue weighted by Crippen LogP contribution is 2.43. The molecule has 1 amide bonds. The molecule has 2 aromatic carbocycles. The molecule has 2 aliphatic rings. The molecule has 0 bridgehead atoms. The van der Waals surface area contributed by atoms with Crippen LogP contribution in [0.25, 0.3) is 0 Å². The Kier molecular flexibility index (Phi) is 6.60. The van der Waals surface area contributed by atoms with E-state index in [1.807, 2.05) is 0 Å². The maximum absolute atomic E-state index is 13.5. The number of carbonyl (C=O) groups excluding carboxylic acids is 1. The van der Waals surface area contributed by atoms with Crippen LogP contribution in [0.4, 0.5) is 30.7 Å². The van der Waals surface area contributed by atoms with Gasteiger partial charge in [0.1, 0.15) is 5.82 Å². The van der Waals surface area contributed by atoms with Crippen LogP contribution in [0, 0.1) is 5.82 Å². The SMILES string of the molecule is CC(O[C@H]1CN2C(=O)CC(O)CC2C1c1ccc(F)cc1)c1cc(C(F)(F)F)cc(C(F)(F)F)c1. The maximum Gasteiger partial charge on any atom is 0.416 e. The fourth-order valence-electron chi connectivity index (χ4n) is 4.93. The summed E-state index contributed by atoms with van der Waals surface area (Å²) in [4.78, 5) is 14.0. The number of hydrogen-bond donors (Lipinski definition) is 1. The molecule has 0 aromatic heterocycles. The first-order valence-corrected chi connectivity index (χ1v) is 10.9. The normalized spacial score (nSPS) is 26.1. The van der Waals surface area contributed by atoms with Crippen LogP contribution in [0.5, 0.6) is 0 Å². The summed E-state index contributed by atoms with van der Waals surface area (Å²) in [5, 5.41) is 10.1. The standard InChI is InChI=1S/C24H22F7NO3/c1-12(14-6-15(23(26,27)28)8-16(7-14)24(29,30)31)35-20-11-32-19(9-18(33)10-21(32)34)22(20)13-2-4-17(25)5-3-13/h2-8,12,18-20,22,33H,9-11H2,1H3/t12?,18?,19?,20-,22?/m0/s1. The lowest BCUT2D eigenvalue weighted by Gasteiger charge is -2.35. The zero-order valence-corrected chi connectivity index (χ0v) is 18.4. The number of halogens is 7. The van der Waals surface area contributed by atoms with E-state index in [9.17, 15) is 40.6 Å². The van der Waals surface area contributed by atoms with Gasteiger partial charge in [0.05, 0.1) is 35.9 Å². The number of carbonyl (C=O) groups is 1. The van der Waals surface area contributed by atoms with Crippen molar-refractivity contribution in [2.24, 2.45) is 0 Å². The predicted octanol–water partition coefficient (Wildman–Crippen LogP) is 5.46. The van der Waals surface area contributed by atoms with Crippen molar-refractivity contribution in [1.82, 2.24) is 4.90 Å². The monoisotopic (exact) mass is 505 g/mol. The molecule has 2 fully saturated rings. The van der Waals surface area contributed by atoms with Crippen molar-refractivity contribution in [3.8, 4) is 0 Å². The lowest BCUT2D eigenvalue weighted by Crippen LogP contribution is -2.45. The Morgan fingerprint density at radius 2 is 1.57 bits per heavy atom. The first-order valence-electron chi connectivity index (χ1n) is 10.9. The van der Waals surface area contributed by atoms with Crippen molar-refractivity contribution in [1.29, 1.82) is 0 Å². The van der Waals surface area contributed by atoms with Gasteiger partial charge in [0.2, 0.25) is 5.91 Å². The summed E-state index contributed by atoms with van der Waals surface area (Å²) < 4.78 is 99.3. The number of amides is 1. The van der Waals surface area contributed by atoms with Crippen LogP contribution < -0.4 is 0 Å². The van der Waals surface area contributed by atoms with Gasteiger partial charge in [0, 0.05) is 18.5 Å². The Morgan fingerprint density at radius 3 is 2.11 bits per heavy atom. The summed E-state index contributed by atoms with van der Waals surface area (Å²) in [6, 6.07) is 6.16. The lowest BCUT2D eigenvalue weighted by atomic mass is 9.85. The van der Waals surface area contributed by atoms with E-state index in [1.54, 1.807) is 0 Å². The molecule has 0 saturated carbocycles. The van der Waals surface area contributed by atoms with Gasteiger partial charge in [-0.2, -0.15) is 26.3 Å². The average molecular weight is 505 g/mol. The van der Waals surface area contributed by atoms with Crippen molar-refractivity contribution in [3.63, 3.8) is 0 Å². The van der Waals surface area contributed by atoms with E-state index < -0.39 is 59.6 Å². The number of rotatable bonds is 4. The van der Waals surface area contributed by atoms with Crippen molar-refractivity contribution >= 4 is 5.91 Å². The van der Waals surface area contributed by atoms with E-state index in [1.165, 1.54) is 36.1 Å². The largest absolute Gasteiger partial charge is 0.416 e. The highest BCUT2D eigenvalue weighted by molar-refractivity contribution is 5.78. The Hall–Kier alpha value is -2.66. The second-order valence-electron chi connectivity index (χ2n) is 8.94. The third-order valence-electron chi connectivity index (χ3n) is 6.55. The number of alkyl halides is 6. The maximum atomic E-state index is 13.5. The van der Waals surface area contributed by atoms with E-state index in [0.29, 0.717) is 17.7 Å². The molecule has 5 atom stereocenters. The molecule has 0 radical (unpaired) electrons. The molecule has 190 valence electrons. The van der Waals surface area contributed by atoms with Gasteiger partial charge in [0.15, 0.2) is 0 Å². The molecular formula is C24H22F7NO3. The molecule has 2 aromatic rings. The minimum absolute atomic E-state index is 0.0354. The summed E-state index contributed by atoms with van der Waals surface area (Å²) in [5.74, 6) is -1.40. The molecule has 2 saturated heterocycles. The van der Waals surface area contributed by atoms with Gasteiger partial charge in [0.25, 0.3) is 0 Å². The molecule has 4 rings (SSSR count). The number of aliphatic hydroxyl groups excluding tert-OH is 1. The molecule has 2 heterocycles. The Balaban J connectivity index is 1.68. The van der Waals surface area contributed by atoms with Crippen LogP contribution in [0.1, 0.15) is 54.0 Å². The first kappa shape index (κ1) is 25.4. The van der Waals surface area contributed by atoms with Crippen LogP contribution in [0.3, 0.4) is 0 Å². The lowest BCUT2D eigenvalue weighted by molar-refractivity contribution is -0.143. The number of nitrogens with zero attached hydrogens (tertiary/aromatic N) is 1. The number of piperidine rings is 1. The highest BCUT2D eigenvalue weighted by atomic mass is 19.4. The number of ether oxygens (including phenoxy) is 1. The summed E-state index contributed by atoms with van der Waals surface area (Å²) >= 11 is 0. The van der Waals surface area contributed by atoms with E-state index in [2.05, 4.69) is 0 Å². The summed E-state index contributed by atoms with van der Waals surface area (Å²) in [6.45, 7) is 1.37. The van der Waals surface area contributed by atoms with Crippen molar-refractivity contribution in [2.45, 2.75) is 62.4 Å². The van der Waals surface area contributed by atoms with Gasteiger partial charge < -0.3 is 14.7 Å². The van der Waals surface area contributed by atoms with Gasteiger partial charge in [-0.1, -0.05) is 12.1 Å². The Labute approximate surface area is 196 Å². The van der Waals surface area contributed by atoms with Gasteiger partial charge >= 0.3 is 12.4 Å². The quantitative estimate of drug-likeness (QED) is 0.562. The Bertz CT molecular complexity index is 1050. The van der Waals surface area contributed by atoms with Crippen molar-refractivity contribution in [2.75, 3.05) is 6.54 Å². The number of hydrogen-bond acceptors (Lipinski definition) is 3. The third kappa shape index (κ3) is 5.30. The number of benzene rings is 2. The second-order valence-corrected chi connectivity index (χ2v) is 8.94. The van der Waals surface area contributed by atoms with Crippen LogP contribution in [0.15, 0.2) is 42.5 Å². The smallest absolute Gasteiger partial charge is 0.393 e. The Morgan fingerprint density at radius 1 is 1.00 bits per heavy atom. The van der Waals surface area contributed by atoms with Crippen molar-refractivity contribution in [3.05, 3.63) is 70.5 Å². The minimum atomic E-state index is -5.00. The molecular weight excluding hydrogens is 483 g/mol. The zero-order valence-electron chi connectivity index (χ0n) is 18.4. The molecule has 2 aliphatic heterocycles. The van der Waals surface area contributed by atoms with E-state index in [4.69, 9.17) is 4.74 Å². The summed E-state index contributed by atoms with van der Waals surface area (Å²) in [7, 11) is 0. The van der Waals surface area contributed by atoms with Gasteiger partial charge in [-0.15, -0.1) is 0 Å². The molecule has 0 aliphatic carbocycles. The van der Waals surface area contributed by atoms with Crippen LogP contribution >= 0.6 is 0 Å². The molecule has 11 heteroatoms. The molecule has 1 N–H and O–H groups in total. The molecule has 0 spiro atoms. The number of aliphatic hydroxyl groups is 1. The predicted molar refractivity (Wildman–Crippen MR) is 110 cm³/mol. The van der Waals surface area contributed by atoms with E-state index in [-0.39, 0.29) is 36.9 Å². The molecule has 4 unspecified atom stereocenters. The summed E-state index contributed by atoms with van der Waals surface area (Å²) in [6.07, 6.45) is -12.8. The number of fused-ring (bicyclic) bond motifs is 1. The highest BCUT2D eigenvalue weighted by Gasteiger charge is 2.49. The van der Waals surface area contributed by atoms with E-state index >= 15 is 0 Å². The molecule has 35 heavy (non-hydrogen) atoms. The van der Waals surface area contributed by atoms with Gasteiger partial charge in [-0.3, -0.25) is 4.79 Å². The summed E-state index contributed by atoms with van der Waals surface area (Å²) in [5.41, 5.74) is -2.63. The average Bonchev–Trinajstić information content (AvgIpc) is 3.11. The van der Waals surface area contributed by atoms with E-state index in [0.717, 1.165) is 0 Å². The minimum Gasteiger partial charge on any atom is -0.393 e. The zero-order chi connectivity index (χ0) is 25.7.